The van der Waals surface area contributed by atoms with Gasteiger partial charge in [-0.2, -0.15) is 0 Å². The van der Waals surface area contributed by atoms with Crippen molar-refractivity contribution < 1.29 is 9.66 Å². The van der Waals surface area contributed by atoms with Crippen LogP contribution in [0.4, 0.5) is 11.4 Å². The molecular weight excluding hydrogens is 244 g/mol. The second kappa shape index (κ2) is 5.22. The van der Waals surface area contributed by atoms with Gasteiger partial charge < -0.3 is 10.5 Å². The molecule has 0 amide bonds. The van der Waals surface area contributed by atoms with Gasteiger partial charge in [-0.3, -0.25) is 10.1 Å². The van der Waals surface area contributed by atoms with Crippen LogP contribution in [0.5, 0.6) is 11.5 Å². The minimum atomic E-state index is -0.507. The molecule has 0 fully saturated rings. The van der Waals surface area contributed by atoms with Crippen molar-refractivity contribution in [1.82, 2.24) is 0 Å². The van der Waals surface area contributed by atoms with Gasteiger partial charge in [0.05, 0.1) is 4.92 Å². The molecule has 5 heteroatoms. The van der Waals surface area contributed by atoms with E-state index in [2.05, 4.69) is 6.58 Å². The Morgan fingerprint density at radius 2 is 1.89 bits per heavy atom. The standard InChI is InChI=1S/C14H12N2O3/c1-2-10-3-6-12(7-4-10)19-14-9-11(15)5-8-13(14)16(17)18/h2-9H,1,15H2. The molecule has 0 aliphatic carbocycles. The van der Waals surface area contributed by atoms with Crippen LogP contribution in [0.15, 0.2) is 49.0 Å². The molecule has 0 aliphatic heterocycles. The van der Waals surface area contributed by atoms with Crippen molar-refractivity contribution in [3.8, 4) is 11.5 Å². The van der Waals surface area contributed by atoms with Gasteiger partial charge in [0.2, 0.25) is 5.75 Å². The normalized spacial score (nSPS) is 9.89. The number of anilines is 1. The number of benzene rings is 2. The van der Waals surface area contributed by atoms with Crippen molar-refractivity contribution in [2.45, 2.75) is 0 Å². The van der Waals surface area contributed by atoms with E-state index in [9.17, 15) is 10.1 Å². The molecular formula is C14H12N2O3. The summed E-state index contributed by atoms with van der Waals surface area (Å²) in [5, 5.41) is 10.9. The van der Waals surface area contributed by atoms with E-state index < -0.39 is 4.92 Å². The molecule has 0 bridgehead atoms. The van der Waals surface area contributed by atoms with Crippen LogP contribution < -0.4 is 10.5 Å². The first kappa shape index (κ1) is 12.6. The summed E-state index contributed by atoms with van der Waals surface area (Å²) in [5.74, 6) is 0.621. The Hall–Kier alpha value is -2.82. The van der Waals surface area contributed by atoms with Crippen LogP contribution in [0.1, 0.15) is 5.56 Å². The molecule has 2 rings (SSSR count). The SMILES string of the molecule is C=Cc1ccc(Oc2cc(N)ccc2[N+](=O)[O-])cc1. The van der Waals surface area contributed by atoms with Crippen LogP contribution in [0, 0.1) is 10.1 Å². The van der Waals surface area contributed by atoms with Gasteiger partial charge in [0, 0.05) is 17.8 Å². The summed E-state index contributed by atoms with van der Waals surface area (Å²) >= 11 is 0. The topological polar surface area (TPSA) is 78.4 Å². The Kier molecular flexibility index (Phi) is 3.47. The van der Waals surface area contributed by atoms with Gasteiger partial charge in [-0.15, -0.1) is 0 Å². The highest BCUT2D eigenvalue weighted by Crippen LogP contribution is 2.33. The smallest absolute Gasteiger partial charge is 0.311 e. The zero-order chi connectivity index (χ0) is 13.8. The molecule has 2 N–H and O–H groups in total. The Labute approximate surface area is 110 Å². The molecule has 0 atom stereocenters. The lowest BCUT2D eigenvalue weighted by Crippen LogP contribution is -1.95. The van der Waals surface area contributed by atoms with Crippen molar-refractivity contribution in [3.63, 3.8) is 0 Å². The summed E-state index contributed by atoms with van der Waals surface area (Å²) in [6.45, 7) is 3.65. The number of rotatable bonds is 4. The third-order valence-electron chi connectivity index (χ3n) is 2.52. The second-order valence-corrected chi connectivity index (χ2v) is 3.86. The van der Waals surface area contributed by atoms with Crippen molar-refractivity contribution in [2.24, 2.45) is 0 Å². The zero-order valence-corrected chi connectivity index (χ0v) is 10.1. The summed E-state index contributed by atoms with van der Waals surface area (Å²) in [7, 11) is 0. The lowest BCUT2D eigenvalue weighted by molar-refractivity contribution is -0.385. The number of hydrogen-bond donors (Lipinski definition) is 1. The van der Waals surface area contributed by atoms with Crippen molar-refractivity contribution >= 4 is 17.5 Å². The quantitative estimate of drug-likeness (QED) is 0.515. The van der Waals surface area contributed by atoms with E-state index in [1.807, 2.05) is 0 Å². The molecule has 0 saturated heterocycles. The Balaban J connectivity index is 2.33. The van der Waals surface area contributed by atoms with Gasteiger partial charge in [-0.05, 0) is 23.8 Å². The van der Waals surface area contributed by atoms with Crippen molar-refractivity contribution in [1.29, 1.82) is 0 Å². The Bertz CT molecular complexity index is 621. The number of nitrogen functional groups attached to an aromatic ring is 1. The van der Waals surface area contributed by atoms with Gasteiger partial charge in [0.25, 0.3) is 0 Å². The van der Waals surface area contributed by atoms with Crippen LogP contribution in [-0.4, -0.2) is 4.92 Å². The van der Waals surface area contributed by atoms with Gasteiger partial charge in [-0.1, -0.05) is 24.8 Å². The maximum absolute atomic E-state index is 10.9. The summed E-state index contributed by atoms with van der Waals surface area (Å²) in [4.78, 5) is 10.4. The van der Waals surface area contributed by atoms with E-state index in [-0.39, 0.29) is 11.4 Å². The summed E-state index contributed by atoms with van der Waals surface area (Å²) < 4.78 is 5.50. The first-order valence-corrected chi connectivity index (χ1v) is 5.54. The predicted octanol–water partition coefficient (Wildman–Crippen LogP) is 3.61. The highest BCUT2D eigenvalue weighted by atomic mass is 16.6. The first-order valence-electron chi connectivity index (χ1n) is 5.54. The molecule has 5 nitrogen and oxygen atoms in total. The van der Waals surface area contributed by atoms with Gasteiger partial charge in [0.1, 0.15) is 5.75 Å². The third kappa shape index (κ3) is 2.90. The maximum Gasteiger partial charge on any atom is 0.311 e. The number of ether oxygens (including phenoxy) is 1. The van der Waals surface area contributed by atoms with Crippen LogP contribution in [0.2, 0.25) is 0 Å². The number of nitrogens with two attached hydrogens (primary N) is 1. The van der Waals surface area contributed by atoms with E-state index >= 15 is 0 Å². The summed E-state index contributed by atoms with van der Waals surface area (Å²) in [6.07, 6.45) is 1.70. The molecule has 0 heterocycles. The number of nitro groups is 1. The number of nitrogens with zero attached hydrogens (tertiary/aromatic N) is 1. The van der Waals surface area contributed by atoms with Gasteiger partial charge in [-0.25, -0.2) is 0 Å². The first-order chi connectivity index (χ1) is 9.10. The lowest BCUT2D eigenvalue weighted by Gasteiger charge is -2.07. The molecule has 2 aromatic carbocycles. The van der Waals surface area contributed by atoms with Crippen molar-refractivity contribution in [3.05, 3.63) is 64.7 Å². The Morgan fingerprint density at radius 3 is 2.47 bits per heavy atom. The molecule has 0 spiro atoms. The average Bonchev–Trinajstić information content (AvgIpc) is 2.39. The largest absolute Gasteiger partial charge is 0.450 e. The summed E-state index contributed by atoms with van der Waals surface area (Å²) in [5.41, 5.74) is 6.83. The van der Waals surface area contributed by atoms with Crippen LogP contribution in [0.25, 0.3) is 6.08 Å². The van der Waals surface area contributed by atoms with E-state index in [0.29, 0.717) is 11.4 Å². The molecule has 0 aromatic heterocycles. The minimum absolute atomic E-state index is 0.122. The molecule has 0 unspecified atom stereocenters. The summed E-state index contributed by atoms with van der Waals surface area (Å²) in [6, 6.07) is 11.3. The van der Waals surface area contributed by atoms with E-state index in [1.54, 1.807) is 30.3 Å². The Morgan fingerprint density at radius 1 is 1.21 bits per heavy atom. The lowest BCUT2D eigenvalue weighted by atomic mass is 10.2. The average molecular weight is 256 g/mol. The minimum Gasteiger partial charge on any atom is -0.450 e. The fourth-order valence-electron chi connectivity index (χ4n) is 1.56. The molecule has 0 saturated carbocycles. The molecule has 96 valence electrons. The number of hydrogen-bond acceptors (Lipinski definition) is 4. The van der Waals surface area contributed by atoms with Crippen LogP contribution >= 0.6 is 0 Å². The van der Waals surface area contributed by atoms with E-state index in [4.69, 9.17) is 10.5 Å². The van der Waals surface area contributed by atoms with E-state index in [0.717, 1.165) is 5.56 Å². The molecule has 0 radical (unpaired) electrons. The van der Waals surface area contributed by atoms with Crippen LogP contribution in [-0.2, 0) is 0 Å². The molecule has 19 heavy (non-hydrogen) atoms. The van der Waals surface area contributed by atoms with Crippen LogP contribution in [0.3, 0.4) is 0 Å². The van der Waals surface area contributed by atoms with Crippen molar-refractivity contribution in [2.75, 3.05) is 5.73 Å². The maximum atomic E-state index is 10.9. The highest BCUT2D eigenvalue weighted by Gasteiger charge is 2.15. The third-order valence-corrected chi connectivity index (χ3v) is 2.52. The monoisotopic (exact) mass is 256 g/mol. The highest BCUT2D eigenvalue weighted by molar-refractivity contribution is 5.57. The fraction of sp³-hybridized carbons (Fsp3) is 0. The zero-order valence-electron chi connectivity index (χ0n) is 10.1. The van der Waals surface area contributed by atoms with Gasteiger partial charge in [0.15, 0.2) is 0 Å². The number of nitro benzene ring substituents is 1. The van der Waals surface area contributed by atoms with Gasteiger partial charge >= 0.3 is 5.69 Å². The predicted molar refractivity (Wildman–Crippen MR) is 74.1 cm³/mol. The van der Waals surface area contributed by atoms with E-state index in [1.165, 1.54) is 18.2 Å². The fourth-order valence-corrected chi connectivity index (χ4v) is 1.56. The second-order valence-electron chi connectivity index (χ2n) is 3.86. The molecule has 0 aliphatic rings. The molecule has 2 aromatic rings.